The Bertz CT molecular complexity index is 454. The van der Waals surface area contributed by atoms with Crippen LogP contribution in [0.1, 0.15) is 52.4 Å². The molecule has 5 fully saturated rings. The van der Waals surface area contributed by atoms with Crippen molar-refractivity contribution in [1.29, 1.82) is 0 Å². The fourth-order valence-electron chi connectivity index (χ4n) is 7.03. The molecule has 1 saturated heterocycles. The van der Waals surface area contributed by atoms with Gasteiger partial charge in [0.15, 0.2) is 0 Å². The molecular weight excluding hydrogens is 296 g/mol. The molecule has 2 unspecified atom stereocenters. The molecule has 0 aromatic carbocycles. The van der Waals surface area contributed by atoms with Gasteiger partial charge >= 0.3 is 0 Å². The van der Waals surface area contributed by atoms with Gasteiger partial charge in [-0.2, -0.15) is 0 Å². The SMILES string of the molecule is CN1CCN(C(=O)C23CC4CC(C)(CC(C)(C4)C2)C3)CC1.[Cl-]. The number of amides is 1. The van der Waals surface area contributed by atoms with E-state index in [0.29, 0.717) is 16.7 Å². The van der Waals surface area contributed by atoms with Crippen LogP contribution in [0.2, 0.25) is 0 Å². The van der Waals surface area contributed by atoms with Crippen LogP contribution >= 0.6 is 0 Å². The Balaban J connectivity index is 0.00000144. The maximum atomic E-state index is 13.4. The summed E-state index contributed by atoms with van der Waals surface area (Å²) in [5.74, 6) is 1.32. The minimum absolute atomic E-state index is 0. The van der Waals surface area contributed by atoms with Crippen LogP contribution in [0, 0.1) is 22.2 Å². The van der Waals surface area contributed by atoms with Crippen molar-refractivity contribution in [3.8, 4) is 0 Å². The second-order valence-electron chi connectivity index (χ2n) is 9.51. The van der Waals surface area contributed by atoms with E-state index in [0.717, 1.165) is 44.9 Å². The Kier molecular flexibility index (Phi) is 3.85. The number of hydrogen-bond donors (Lipinski definition) is 0. The molecule has 0 spiro atoms. The number of piperazine rings is 1. The van der Waals surface area contributed by atoms with Crippen molar-refractivity contribution in [2.45, 2.75) is 52.4 Å². The molecule has 0 aromatic rings. The molecule has 1 aliphatic heterocycles. The van der Waals surface area contributed by atoms with Crippen LogP contribution in [0.3, 0.4) is 0 Å². The molecule has 22 heavy (non-hydrogen) atoms. The summed E-state index contributed by atoms with van der Waals surface area (Å²) in [4.78, 5) is 17.9. The van der Waals surface area contributed by atoms with Crippen LogP contribution in [0.4, 0.5) is 0 Å². The zero-order chi connectivity index (χ0) is 14.9. The highest BCUT2D eigenvalue weighted by atomic mass is 35.5. The Hall–Kier alpha value is -0.280. The third-order valence-corrected chi connectivity index (χ3v) is 6.87. The lowest BCUT2D eigenvalue weighted by Crippen LogP contribution is -3.00. The monoisotopic (exact) mass is 325 g/mol. The predicted molar refractivity (Wildman–Crippen MR) is 83.9 cm³/mol. The van der Waals surface area contributed by atoms with Gasteiger partial charge in [0.2, 0.25) is 5.91 Å². The lowest BCUT2D eigenvalue weighted by molar-refractivity contribution is -0.180. The van der Waals surface area contributed by atoms with Gasteiger partial charge in [-0.15, -0.1) is 0 Å². The molecule has 5 rings (SSSR count). The van der Waals surface area contributed by atoms with Crippen LogP contribution in [-0.4, -0.2) is 48.9 Å². The lowest BCUT2D eigenvalue weighted by Gasteiger charge is -2.65. The molecule has 3 nitrogen and oxygen atoms in total. The molecule has 5 aliphatic rings. The van der Waals surface area contributed by atoms with E-state index in [1.165, 1.54) is 25.7 Å². The fraction of sp³-hybridized carbons (Fsp3) is 0.944. The molecule has 4 aliphatic carbocycles. The number of nitrogens with zero attached hydrogens (tertiary/aromatic N) is 2. The third kappa shape index (κ3) is 2.49. The van der Waals surface area contributed by atoms with E-state index >= 15 is 0 Å². The molecule has 4 saturated carbocycles. The van der Waals surface area contributed by atoms with Crippen molar-refractivity contribution in [3.05, 3.63) is 0 Å². The summed E-state index contributed by atoms with van der Waals surface area (Å²) < 4.78 is 0. The van der Waals surface area contributed by atoms with Crippen molar-refractivity contribution in [3.63, 3.8) is 0 Å². The topological polar surface area (TPSA) is 23.6 Å². The van der Waals surface area contributed by atoms with Gasteiger partial charge in [0.25, 0.3) is 0 Å². The highest BCUT2D eigenvalue weighted by Crippen LogP contribution is 2.69. The summed E-state index contributed by atoms with van der Waals surface area (Å²) in [5.41, 5.74) is 0.881. The Morgan fingerprint density at radius 2 is 1.45 bits per heavy atom. The van der Waals surface area contributed by atoms with Gasteiger partial charge in [-0.25, -0.2) is 0 Å². The van der Waals surface area contributed by atoms with Crippen molar-refractivity contribution < 1.29 is 17.2 Å². The number of carbonyl (C=O) groups is 1. The van der Waals surface area contributed by atoms with Gasteiger partial charge in [-0.05, 0) is 62.3 Å². The average molecular weight is 326 g/mol. The van der Waals surface area contributed by atoms with Crippen LogP contribution in [0.15, 0.2) is 0 Å². The van der Waals surface area contributed by atoms with Gasteiger partial charge in [0.05, 0.1) is 5.41 Å². The molecule has 1 amide bonds. The second-order valence-corrected chi connectivity index (χ2v) is 9.51. The van der Waals surface area contributed by atoms with Crippen LogP contribution < -0.4 is 12.4 Å². The second kappa shape index (κ2) is 5.11. The van der Waals surface area contributed by atoms with Gasteiger partial charge in [-0.3, -0.25) is 4.79 Å². The summed E-state index contributed by atoms with van der Waals surface area (Å²) in [6.45, 7) is 8.88. The zero-order valence-corrected chi connectivity index (χ0v) is 15.1. The van der Waals surface area contributed by atoms with E-state index in [4.69, 9.17) is 0 Å². The Morgan fingerprint density at radius 3 is 1.95 bits per heavy atom. The first-order valence-electron chi connectivity index (χ1n) is 8.80. The summed E-state index contributed by atoms with van der Waals surface area (Å²) >= 11 is 0. The molecule has 1 heterocycles. The molecular formula is C18H30ClN2O-. The largest absolute Gasteiger partial charge is 1.00 e. The minimum atomic E-state index is -0.00116. The van der Waals surface area contributed by atoms with Crippen molar-refractivity contribution >= 4 is 5.91 Å². The maximum Gasteiger partial charge on any atom is 0.228 e. The minimum Gasteiger partial charge on any atom is -1.00 e. The van der Waals surface area contributed by atoms with Gasteiger partial charge < -0.3 is 22.2 Å². The van der Waals surface area contributed by atoms with Crippen LogP contribution in [0.5, 0.6) is 0 Å². The summed E-state index contributed by atoms with van der Waals surface area (Å²) in [7, 11) is 2.16. The molecule has 126 valence electrons. The Labute approximate surface area is 141 Å². The van der Waals surface area contributed by atoms with E-state index in [2.05, 4.69) is 30.7 Å². The number of hydrogen-bond acceptors (Lipinski definition) is 2. The molecule has 0 aromatic heterocycles. The van der Waals surface area contributed by atoms with E-state index in [9.17, 15) is 4.79 Å². The van der Waals surface area contributed by atoms with Gasteiger partial charge in [-0.1, -0.05) is 13.8 Å². The average Bonchev–Trinajstić information content (AvgIpc) is 2.34. The summed E-state index contributed by atoms with van der Waals surface area (Å²) in [6.07, 6.45) is 7.62. The highest BCUT2D eigenvalue weighted by Gasteiger charge is 2.63. The first-order chi connectivity index (χ1) is 9.82. The fourth-order valence-corrected chi connectivity index (χ4v) is 7.03. The van der Waals surface area contributed by atoms with Crippen LogP contribution in [-0.2, 0) is 4.79 Å². The first kappa shape index (κ1) is 16.6. The van der Waals surface area contributed by atoms with Gasteiger partial charge in [0.1, 0.15) is 0 Å². The van der Waals surface area contributed by atoms with E-state index in [1.54, 1.807) is 0 Å². The zero-order valence-electron chi connectivity index (χ0n) is 14.3. The van der Waals surface area contributed by atoms with E-state index in [-0.39, 0.29) is 17.8 Å². The van der Waals surface area contributed by atoms with E-state index < -0.39 is 0 Å². The smallest absolute Gasteiger partial charge is 0.228 e. The quantitative estimate of drug-likeness (QED) is 0.664. The van der Waals surface area contributed by atoms with Crippen LogP contribution in [0.25, 0.3) is 0 Å². The highest BCUT2D eigenvalue weighted by molar-refractivity contribution is 5.83. The van der Waals surface area contributed by atoms with Crippen molar-refractivity contribution in [2.24, 2.45) is 22.2 Å². The molecule has 4 bridgehead atoms. The number of rotatable bonds is 1. The number of carbonyl (C=O) groups excluding carboxylic acids is 1. The standard InChI is InChI=1S/C18H30N2O.ClH/c1-16-8-14-9-17(2,11-16)13-18(10-14,12-16)15(21)20-6-4-19(3)5-7-20;/h14H,4-13H2,1-3H3;1H/p-1. The first-order valence-corrected chi connectivity index (χ1v) is 8.80. The van der Waals surface area contributed by atoms with Crippen molar-refractivity contribution in [2.75, 3.05) is 33.2 Å². The number of likely N-dealkylation sites (N-methyl/N-ethyl adjacent to an activating group) is 1. The normalized spacial score (nSPS) is 47.4. The van der Waals surface area contributed by atoms with Crippen molar-refractivity contribution in [1.82, 2.24) is 9.80 Å². The van der Waals surface area contributed by atoms with Gasteiger partial charge in [0, 0.05) is 26.2 Å². The summed E-state index contributed by atoms with van der Waals surface area (Å²) in [6, 6.07) is 0. The number of halogens is 1. The Morgan fingerprint density at radius 1 is 0.909 bits per heavy atom. The lowest BCUT2D eigenvalue weighted by atomic mass is 9.40. The summed E-state index contributed by atoms with van der Waals surface area (Å²) in [5, 5.41) is 0. The molecule has 2 atom stereocenters. The third-order valence-electron chi connectivity index (χ3n) is 6.87. The molecule has 0 N–H and O–H groups in total. The predicted octanol–water partition coefficient (Wildman–Crippen LogP) is -0.239. The maximum absolute atomic E-state index is 13.4. The molecule has 4 heteroatoms. The molecule has 0 radical (unpaired) electrons. The van der Waals surface area contributed by atoms with E-state index in [1.807, 2.05) is 0 Å².